The maximum atomic E-state index is 11.2. The van der Waals surface area contributed by atoms with E-state index >= 15 is 0 Å². The molecule has 1 aliphatic rings. The first-order valence-electron chi connectivity index (χ1n) is 10.1. The zero-order valence-corrected chi connectivity index (χ0v) is 21.0. The van der Waals surface area contributed by atoms with Gasteiger partial charge in [0.2, 0.25) is 0 Å². The molecule has 0 bridgehead atoms. The van der Waals surface area contributed by atoms with Gasteiger partial charge < -0.3 is 12.5 Å². The molecule has 0 heterocycles. The van der Waals surface area contributed by atoms with Crippen molar-refractivity contribution in [3.05, 3.63) is 115 Å². The first-order chi connectivity index (χ1) is 14.7. The number of rotatable bonds is 2. The molecule has 1 aliphatic carbocycles. The fourth-order valence-corrected chi connectivity index (χ4v) is 3.24. The van der Waals surface area contributed by atoms with E-state index in [4.69, 9.17) is 18.6 Å². The van der Waals surface area contributed by atoms with E-state index in [1.54, 1.807) is 0 Å². The van der Waals surface area contributed by atoms with Crippen molar-refractivity contribution in [2.45, 2.75) is 37.7 Å². The standard InChI is InChI=1S/C21H16O.C5H10.CH3.2ClH.Ti/c22-21(19-12-6-2-7-13-19,20-14-8-3-9-15-20)17-16-18-10-4-1-5-11-18;1-2-4-5-3-1;;;;/h1-15,22H;1-5H2;1H3;2*1H;/q;;-1;;;+2/p-2. The van der Waals surface area contributed by atoms with Gasteiger partial charge in [0.1, 0.15) is 0 Å². The maximum absolute atomic E-state index is 11.2. The van der Waals surface area contributed by atoms with Gasteiger partial charge in [-0.05, 0) is 12.1 Å². The van der Waals surface area contributed by atoms with Gasteiger partial charge >= 0.3 is 35.6 Å². The van der Waals surface area contributed by atoms with E-state index in [0.717, 1.165) is 16.7 Å². The van der Waals surface area contributed by atoms with Crippen LogP contribution in [0.4, 0.5) is 0 Å². The van der Waals surface area contributed by atoms with Crippen LogP contribution in [0, 0.1) is 19.3 Å². The Labute approximate surface area is 204 Å². The summed E-state index contributed by atoms with van der Waals surface area (Å²) in [4.78, 5) is 0. The van der Waals surface area contributed by atoms with Gasteiger partial charge in [0.15, 0.2) is 5.60 Å². The van der Waals surface area contributed by atoms with Gasteiger partial charge in [0.05, 0.1) is 0 Å². The summed E-state index contributed by atoms with van der Waals surface area (Å²) in [7, 11) is 9.78. The first kappa shape index (κ1) is 27.5. The van der Waals surface area contributed by atoms with Gasteiger partial charge in [-0.3, -0.25) is 0 Å². The van der Waals surface area contributed by atoms with E-state index in [2.05, 4.69) is 11.8 Å². The van der Waals surface area contributed by atoms with E-state index in [0.29, 0.717) is 0 Å². The molecule has 0 aliphatic heterocycles. The third-order valence-corrected chi connectivity index (χ3v) is 4.79. The molecule has 3 aromatic rings. The van der Waals surface area contributed by atoms with Gasteiger partial charge in [0, 0.05) is 16.7 Å². The molecule has 0 aromatic heterocycles. The normalized spacial score (nSPS) is 11.8. The molecule has 0 radical (unpaired) electrons. The molecule has 31 heavy (non-hydrogen) atoms. The van der Waals surface area contributed by atoms with Crippen molar-refractivity contribution < 1.29 is 22.1 Å². The molecule has 0 saturated heterocycles. The van der Waals surface area contributed by atoms with Crippen LogP contribution in [-0.2, 0) is 22.6 Å². The van der Waals surface area contributed by atoms with E-state index in [9.17, 15) is 5.11 Å². The predicted molar refractivity (Wildman–Crippen MR) is 130 cm³/mol. The minimum absolute atomic E-state index is 0. The van der Waals surface area contributed by atoms with Crippen molar-refractivity contribution >= 4 is 18.6 Å². The minimum atomic E-state index is -1.32. The quantitative estimate of drug-likeness (QED) is 0.222. The van der Waals surface area contributed by atoms with E-state index < -0.39 is 22.6 Å². The van der Waals surface area contributed by atoms with Gasteiger partial charge in [-0.25, -0.2) is 0 Å². The molecule has 1 nitrogen and oxygen atoms in total. The van der Waals surface area contributed by atoms with Crippen LogP contribution in [0.3, 0.4) is 0 Å². The van der Waals surface area contributed by atoms with Crippen LogP contribution in [0.15, 0.2) is 91.0 Å². The Morgan fingerprint density at radius 2 is 0.968 bits per heavy atom. The van der Waals surface area contributed by atoms with Gasteiger partial charge in [-0.2, -0.15) is 0 Å². The average molecular weight is 488 g/mol. The molecular weight excluding hydrogens is 459 g/mol. The number of hydrogen-bond donors (Lipinski definition) is 1. The molecule has 0 unspecified atom stereocenters. The Kier molecular flexibility index (Phi) is 14.3. The zero-order valence-electron chi connectivity index (χ0n) is 17.9. The Morgan fingerprint density at radius 3 is 1.32 bits per heavy atom. The summed E-state index contributed by atoms with van der Waals surface area (Å²) in [6.45, 7) is 0. The van der Waals surface area contributed by atoms with Crippen molar-refractivity contribution in [1.29, 1.82) is 0 Å². The van der Waals surface area contributed by atoms with Crippen molar-refractivity contribution in [2.24, 2.45) is 0 Å². The van der Waals surface area contributed by atoms with Gasteiger partial charge in [-0.1, -0.05) is 123 Å². The second-order valence-corrected chi connectivity index (χ2v) is 9.48. The van der Waals surface area contributed by atoms with Crippen molar-refractivity contribution in [1.82, 2.24) is 0 Å². The summed E-state index contributed by atoms with van der Waals surface area (Å²) in [5, 5.41) is 11.2. The SMILES string of the molecule is C1CCCC1.OC(C#Cc1ccccc1)(c1ccccc1)c1ccccc1.[CH3-].[Cl][Ti][Cl]. The molecule has 0 atom stereocenters. The fraction of sp³-hybridized carbons (Fsp3) is 0.222. The number of hydrogen-bond acceptors (Lipinski definition) is 1. The van der Waals surface area contributed by atoms with Crippen molar-refractivity contribution in [3.8, 4) is 11.8 Å². The van der Waals surface area contributed by atoms with Crippen molar-refractivity contribution in [3.63, 3.8) is 0 Å². The van der Waals surface area contributed by atoms with Crippen LogP contribution in [0.5, 0.6) is 0 Å². The van der Waals surface area contributed by atoms with Crippen molar-refractivity contribution in [2.75, 3.05) is 0 Å². The molecule has 0 spiro atoms. The zero-order chi connectivity index (χ0) is 21.5. The Hall–Kier alpha value is -1.53. The molecule has 4 heteroatoms. The molecule has 0 amide bonds. The third-order valence-electron chi connectivity index (χ3n) is 4.79. The first-order valence-corrected chi connectivity index (χ1v) is 14.4. The molecule has 1 N–H and O–H groups in total. The summed E-state index contributed by atoms with van der Waals surface area (Å²) in [6, 6.07) is 28.8. The molecule has 3 aromatic carbocycles. The summed E-state index contributed by atoms with van der Waals surface area (Å²) in [6.07, 6.45) is 7.50. The summed E-state index contributed by atoms with van der Waals surface area (Å²) < 4.78 is 0. The molecule has 1 saturated carbocycles. The Morgan fingerprint density at radius 1 is 0.645 bits per heavy atom. The Bertz CT molecular complexity index is 839. The van der Waals surface area contributed by atoms with Gasteiger partial charge in [0.25, 0.3) is 0 Å². The number of aliphatic hydroxyl groups is 1. The number of benzene rings is 3. The third kappa shape index (κ3) is 9.65. The summed E-state index contributed by atoms with van der Waals surface area (Å²) in [5.74, 6) is 6.13. The average Bonchev–Trinajstić information content (AvgIpc) is 3.40. The van der Waals surface area contributed by atoms with Gasteiger partial charge in [-0.15, -0.1) is 0 Å². The van der Waals surface area contributed by atoms with E-state index in [1.807, 2.05) is 91.0 Å². The van der Waals surface area contributed by atoms with Crippen LogP contribution in [0.2, 0.25) is 0 Å². The van der Waals surface area contributed by atoms with Crippen LogP contribution in [-0.4, -0.2) is 5.11 Å². The predicted octanol–water partition coefficient (Wildman–Crippen LogP) is 7.75. The monoisotopic (exact) mass is 487 g/mol. The van der Waals surface area contributed by atoms with Crippen LogP contribution < -0.4 is 0 Å². The fourth-order valence-electron chi connectivity index (χ4n) is 3.24. The number of halogens is 2. The second kappa shape index (κ2) is 16.2. The van der Waals surface area contributed by atoms with E-state index in [-0.39, 0.29) is 7.43 Å². The molecule has 1 fully saturated rings. The topological polar surface area (TPSA) is 20.2 Å². The molecular formula is C27H29Cl2OTi-. The van der Waals surface area contributed by atoms with Crippen LogP contribution >= 0.6 is 18.6 Å². The van der Waals surface area contributed by atoms with Crippen LogP contribution in [0.1, 0.15) is 48.8 Å². The Balaban J connectivity index is 0.000000454. The second-order valence-electron chi connectivity index (χ2n) is 6.90. The molecule has 4 rings (SSSR count). The van der Waals surface area contributed by atoms with E-state index in [1.165, 1.54) is 32.1 Å². The van der Waals surface area contributed by atoms with Crippen LogP contribution in [0.25, 0.3) is 0 Å². The summed E-state index contributed by atoms with van der Waals surface area (Å²) >= 11 is -0.556. The molecule has 162 valence electrons. The summed E-state index contributed by atoms with van der Waals surface area (Å²) in [5.41, 5.74) is 1.10.